The van der Waals surface area contributed by atoms with Crippen molar-refractivity contribution >= 4 is 12.0 Å². The second-order valence-electron chi connectivity index (χ2n) is 8.94. The van der Waals surface area contributed by atoms with Gasteiger partial charge in [0.25, 0.3) is 5.91 Å². The van der Waals surface area contributed by atoms with Gasteiger partial charge in [-0.2, -0.15) is 0 Å². The lowest BCUT2D eigenvalue weighted by molar-refractivity contribution is 0.0700. The number of nitrogens with zero attached hydrogens (tertiary/aromatic N) is 1. The Morgan fingerprint density at radius 1 is 0.943 bits per heavy atom. The van der Waals surface area contributed by atoms with Crippen LogP contribution in [0.5, 0.6) is 17.4 Å². The van der Waals surface area contributed by atoms with Gasteiger partial charge in [0, 0.05) is 30.4 Å². The minimum absolute atomic E-state index is 0.0199. The zero-order chi connectivity index (χ0) is 25.0. The van der Waals surface area contributed by atoms with E-state index in [0.717, 1.165) is 16.9 Å². The summed E-state index contributed by atoms with van der Waals surface area (Å²) in [5.41, 5.74) is 3.52. The van der Waals surface area contributed by atoms with Gasteiger partial charge in [-0.1, -0.05) is 44.2 Å². The number of nitrogens with one attached hydrogen (secondary N) is 2. The maximum absolute atomic E-state index is 11.5. The van der Waals surface area contributed by atoms with Gasteiger partial charge in [-0.3, -0.25) is 10.0 Å². The van der Waals surface area contributed by atoms with Gasteiger partial charge >= 0.3 is 6.09 Å². The molecule has 0 atom stereocenters. The van der Waals surface area contributed by atoms with Crippen LogP contribution in [0.3, 0.4) is 0 Å². The van der Waals surface area contributed by atoms with Gasteiger partial charge in [0.1, 0.15) is 23.3 Å². The van der Waals surface area contributed by atoms with Crippen molar-refractivity contribution in [3.8, 4) is 17.4 Å². The topological polar surface area (TPSA) is 130 Å². The Bertz CT molecular complexity index is 1190. The molecule has 2 aromatic carbocycles. The van der Waals surface area contributed by atoms with E-state index in [4.69, 9.17) is 19.8 Å². The molecule has 4 N–H and O–H groups in total. The van der Waals surface area contributed by atoms with Crippen LogP contribution in [0.25, 0.3) is 0 Å². The first-order valence-electron chi connectivity index (χ1n) is 11.2. The normalized spacial score (nSPS) is 17.1. The van der Waals surface area contributed by atoms with Crippen LogP contribution in [0.15, 0.2) is 66.7 Å². The number of aromatic nitrogens is 1. The fraction of sp³-hybridized carbons (Fsp3) is 0.269. The van der Waals surface area contributed by atoms with Gasteiger partial charge in [0.2, 0.25) is 5.88 Å². The van der Waals surface area contributed by atoms with Crippen LogP contribution in [0, 0.1) is 0 Å². The van der Waals surface area contributed by atoms with E-state index < -0.39 is 12.0 Å². The summed E-state index contributed by atoms with van der Waals surface area (Å²) in [6.45, 7) is 4.26. The molecule has 0 spiro atoms. The summed E-state index contributed by atoms with van der Waals surface area (Å²) in [6, 6.07) is 20.3. The summed E-state index contributed by atoms with van der Waals surface area (Å²) in [5.74, 6) is 0.858. The molecule has 9 nitrogen and oxygen atoms in total. The van der Waals surface area contributed by atoms with Gasteiger partial charge in [0.05, 0.1) is 0 Å². The average molecular weight is 478 g/mol. The van der Waals surface area contributed by atoms with Crippen LogP contribution < -0.4 is 20.3 Å². The standard InChI is InChI=1S/C26H27N3O6/c1-26(2,16-6-10-19(11-7-16)34-21-14-18(15-21)27-25(31)32)17-8-12-20(13-9-17)35-23-5-3-4-22(28-23)24(30)29-33/h3-13,18,21,27,33H,14-15H2,1-2H3,(H,29,30)(H,31,32)/t18-,21-. The minimum atomic E-state index is -1.00. The molecular formula is C26H27N3O6. The molecule has 9 heteroatoms. The van der Waals surface area contributed by atoms with Crippen molar-refractivity contribution in [3.05, 3.63) is 83.6 Å². The zero-order valence-corrected chi connectivity index (χ0v) is 19.4. The van der Waals surface area contributed by atoms with Gasteiger partial charge in [-0.15, -0.1) is 0 Å². The third kappa shape index (κ3) is 5.70. The van der Waals surface area contributed by atoms with Crippen LogP contribution in [0.2, 0.25) is 0 Å². The van der Waals surface area contributed by atoms with Gasteiger partial charge in [-0.25, -0.2) is 15.3 Å². The SMILES string of the molecule is CC(C)(c1ccc(Oc2cccc(C(=O)NO)n2)cc1)c1ccc(O[C@H]2C[C@H](NC(=O)O)C2)cc1. The highest BCUT2D eigenvalue weighted by Gasteiger charge is 2.32. The third-order valence-corrected chi connectivity index (χ3v) is 6.16. The fourth-order valence-corrected chi connectivity index (χ4v) is 3.98. The maximum Gasteiger partial charge on any atom is 0.404 e. The number of carbonyl (C=O) groups excluding carboxylic acids is 1. The molecule has 1 aliphatic carbocycles. The number of hydroxylamine groups is 1. The van der Waals surface area contributed by atoms with E-state index >= 15 is 0 Å². The van der Waals surface area contributed by atoms with Crippen LogP contribution in [0.4, 0.5) is 4.79 Å². The number of rotatable bonds is 8. The van der Waals surface area contributed by atoms with E-state index in [1.807, 2.05) is 48.5 Å². The van der Waals surface area contributed by atoms with E-state index in [0.29, 0.717) is 18.6 Å². The molecule has 1 saturated carbocycles. The van der Waals surface area contributed by atoms with Crippen molar-refractivity contribution in [2.24, 2.45) is 0 Å². The Kier molecular flexibility index (Phi) is 6.88. The molecule has 1 aliphatic rings. The molecule has 0 saturated heterocycles. The molecule has 1 heterocycles. The molecule has 3 aromatic rings. The second-order valence-corrected chi connectivity index (χ2v) is 8.94. The molecule has 0 bridgehead atoms. The number of hydrogen-bond acceptors (Lipinski definition) is 6. The number of carbonyl (C=O) groups is 2. The zero-order valence-electron chi connectivity index (χ0n) is 19.4. The van der Waals surface area contributed by atoms with Crippen molar-refractivity contribution in [3.63, 3.8) is 0 Å². The average Bonchev–Trinajstić information content (AvgIpc) is 2.83. The molecule has 0 radical (unpaired) electrons. The van der Waals surface area contributed by atoms with E-state index in [-0.39, 0.29) is 29.1 Å². The van der Waals surface area contributed by atoms with E-state index in [9.17, 15) is 9.59 Å². The number of benzene rings is 2. The molecule has 1 fully saturated rings. The molecule has 2 amide bonds. The smallest absolute Gasteiger partial charge is 0.404 e. The first-order chi connectivity index (χ1) is 16.7. The largest absolute Gasteiger partial charge is 0.490 e. The van der Waals surface area contributed by atoms with Crippen molar-refractivity contribution < 1.29 is 29.4 Å². The fourth-order valence-electron chi connectivity index (χ4n) is 3.98. The van der Waals surface area contributed by atoms with E-state index in [1.54, 1.807) is 17.6 Å². The first kappa shape index (κ1) is 24.0. The second kappa shape index (κ2) is 10.0. The predicted molar refractivity (Wildman–Crippen MR) is 127 cm³/mol. The minimum Gasteiger partial charge on any atom is -0.490 e. The number of hydrogen-bond donors (Lipinski definition) is 4. The predicted octanol–water partition coefficient (Wildman–Crippen LogP) is 4.50. The van der Waals surface area contributed by atoms with Crippen LogP contribution >= 0.6 is 0 Å². The van der Waals surface area contributed by atoms with Gasteiger partial charge < -0.3 is 19.9 Å². The van der Waals surface area contributed by atoms with Gasteiger partial charge in [-0.05, 0) is 41.5 Å². The summed E-state index contributed by atoms with van der Waals surface area (Å²) >= 11 is 0. The van der Waals surface area contributed by atoms with Crippen molar-refractivity contribution in [1.82, 2.24) is 15.8 Å². The molecule has 0 aliphatic heterocycles. The first-order valence-corrected chi connectivity index (χ1v) is 11.2. The highest BCUT2D eigenvalue weighted by Crippen LogP contribution is 2.34. The molecule has 1 aromatic heterocycles. The monoisotopic (exact) mass is 477 g/mol. The highest BCUT2D eigenvalue weighted by molar-refractivity contribution is 5.91. The molecule has 4 rings (SSSR count). The van der Waals surface area contributed by atoms with Crippen LogP contribution in [0.1, 0.15) is 48.3 Å². The number of pyridine rings is 1. The summed E-state index contributed by atoms with van der Waals surface area (Å²) < 4.78 is 11.7. The van der Waals surface area contributed by atoms with Crippen LogP contribution in [-0.2, 0) is 5.41 Å². The Morgan fingerprint density at radius 3 is 2.11 bits per heavy atom. The van der Waals surface area contributed by atoms with Crippen molar-refractivity contribution in [2.45, 2.75) is 44.2 Å². The summed E-state index contributed by atoms with van der Waals surface area (Å²) in [7, 11) is 0. The third-order valence-electron chi connectivity index (χ3n) is 6.16. The number of ether oxygens (including phenoxy) is 2. The molecule has 35 heavy (non-hydrogen) atoms. The summed E-state index contributed by atoms with van der Waals surface area (Å²) in [6.07, 6.45) is 0.356. The number of amides is 2. The quantitative estimate of drug-likeness (QED) is 0.278. The molecule has 182 valence electrons. The lowest BCUT2D eigenvalue weighted by Gasteiger charge is -2.35. The van der Waals surface area contributed by atoms with E-state index in [1.165, 1.54) is 6.07 Å². The molecule has 0 unspecified atom stereocenters. The Labute approximate surface area is 202 Å². The summed E-state index contributed by atoms with van der Waals surface area (Å²) in [5, 5.41) is 20.0. The maximum atomic E-state index is 11.5. The van der Waals surface area contributed by atoms with Crippen molar-refractivity contribution in [1.29, 1.82) is 0 Å². The molecular weight excluding hydrogens is 450 g/mol. The van der Waals surface area contributed by atoms with Gasteiger partial charge in [0.15, 0.2) is 0 Å². The Morgan fingerprint density at radius 2 is 1.54 bits per heavy atom. The lowest BCUT2D eigenvalue weighted by atomic mass is 9.78. The summed E-state index contributed by atoms with van der Waals surface area (Å²) in [4.78, 5) is 26.3. The Hall–Kier alpha value is -4.11. The van der Waals surface area contributed by atoms with E-state index in [2.05, 4.69) is 24.1 Å². The van der Waals surface area contributed by atoms with Crippen molar-refractivity contribution in [2.75, 3.05) is 0 Å². The Balaban J connectivity index is 1.38. The highest BCUT2D eigenvalue weighted by atomic mass is 16.5. The lowest BCUT2D eigenvalue weighted by Crippen LogP contribution is -2.48. The van der Waals surface area contributed by atoms with Crippen LogP contribution in [-0.4, -0.2) is 39.4 Å². The number of carboxylic acid groups (broad SMARTS) is 1.